The van der Waals surface area contributed by atoms with Gasteiger partial charge in [-0.3, -0.25) is 14.9 Å². The van der Waals surface area contributed by atoms with Crippen LogP contribution in [0.15, 0.2) is 12.2 Å². The van der Waals surface area contributed by atoms with Gasteiger partial charge < -0.3 is 28.4 Å². The molecular weight excluding hydrogens is 426 g/mol. The minimum Gasteiger partial charge on any atom is -0.466 e. The Morgan fingerprint density at radius 3 is 2.12 bits per heavy atom. The third kappa shape index (κ3) is 11.0. The van der Waals surface area contributed by atoms with Crippen molar-refractivity contribution in [1.82, 2.24) is 0 Å². The number of carbonyl (C=O) groups is 2. The van der Waals surface area contributed by atoms with E-state index in [0.29, 0.717) is 13.2 Å². The van der Waals surface area contributed by atoms with E-state index in [9.17, 15) is 19.7 Å². The van der Waals surface area contributed by atoms with Crippen molar-refractivity contribution >= 4 is 11.9 Å². The standard InChI is InChI=1S/C11H19NO6.C10H16O4/c1-4-16-10(13)5-8(6-12(14)15)9-7-17-11(2,3)18-9;1-4-12-9(11)6-5-8-7-13-10(2,3)14-8/h8-9H,4-7H2,1-3H3;5-6,8H,4,7H2,1-3H3/t8-,9+;8-/m00/s1. The van der Waals surface area contributed by atoms with Gasteiger partial charge in [-0.25, -0.2) is 4.79 Å². The summed E-state index contributed by atoms with van der Waals surface area (Å²) in [6.45, 7) is 11.7. The van der Waals surface area contributed by atoms with Gasteiger partial charge in [0.25, 0.3) is 0 Å². The van der Waals surface area contributed by atoms with Crippen LogP contribution in [0.3, 0.4) is 0 Å². The van der Waals surface area contributed by atoms with E-state index in [1.165, 1.54) is 6.08 Å². The van der Waals surface area contributed by atoms with Crippen LogP contribution in [-0.2, 0) is 38.0 Å². The first-order valence-electron chi connectivity index (χ1n) is 10.6. The van der Waals surface area contributed by atoms with Gasteiger partial charge in [0.05, 0.1) is 44.9 Å². The zero-order valence-electron chi connectivity index (χ0n) is 19.7. The highest BCUT2D eigenvalue weighted by atomic mass is 16.7. The molecule has 0 aliphatic carbocycles. The Labute approximate surface area is 188 Å². The molecule has 11 heteroatoms. The van der Waals surface area contributed by atoms with Crippen molar-refractivity contribution in [3.05, 3.63) is 22.3 Å². The lowest BCUT2D eigenvalue weighted by molar-refractivity contribution is -0.490. The van der Waals surface area contributed by atoms with Gasteiger partial charge in [0.2, 0.25) is 6.54 Å². The molecule has 2 saturated heterocycles. The molecule has 0 bridgehead atoms. The second-order valence-corrected chi connectivity index (χ2v) is 8.13. The molecule has 2 aliphatic heterocycles. The molecule has 0 amide bonds. The van der Waals surface area contributed by atoms with E-state index >= 15 is 0 Å². The molecule has 2 fully saturated rings. The number of hydrogen-bond donors (Lipinski definition) is 0. The summed E-state index contributed by atoms with van der Waals surface area (Å²) < 4.78 is 31.2. The number of rotatable bonds is 9. The van der Waals surface area contributed by atoms with Gasteiger partial charge in [-0.2, -0.15) is 0 Å². The Morgan fingerprint density at radius 2 is 1.66 bits per heavy atom. The van der Waals surface area contributed by atoms with Crippen LogP contribution < -0.4 is 0 Å². The van der Waals surface area contributed by atoms with E-state index in [0.717, 1.165) is 0 Å². The molecule has 0 unspecified atom stereocenters. The van der Waals surface area contributed by atoms with Gasteiger partial charge in [0.15, 0.2) is 11.6 Å². The van der Waals surface area contributed by atoms with Crippen molar-refractivity contribution in [2.75, 3.05) is 33.0 Å². The fraction of sp³-hybridized carbons (Fsp3) is 0.810. The van der Waals surface area contributed by atoms with E-state index in [-0.39, 0.29) is 38.3 Å². The maximum absolute atomic E-state index is 11.4. The SMILES string of the molecule is CCOC(=O)C=C[C@H]1COC(C)(C)O1.CCOC(=O)C[C@@H](C[N+](=O)[O-])[C@H]1COC(C)(C)O1. The van der Waals surface area contributed by atoms with E-state index < -0.39 is 34.5 Å². The first-order chi connectivity index (χ1) is 14.9. The molecule has 184 valence electrons. The quantitative estimate of drug-likeness (QED) is 0.218. The van der Waals surface area contributed by atoms with E-state index in [1.807, 2.05) is 13.8 Å². The molecule has 0 spiro atoms. The van der Waals surface area contributed by atoms with Crippen LogP contribution in [0.25, 0.3) is 0 Å². The second kappa shape index (κ2) is 12.8. The number of esters is 2. The van der Waals surface area contributed by atoms with Crippen molar-refractivity contribution in [2.45, 2.75) is 71.7 Å². The number of carbonyl (C=O) groups excluding carboxylic acids is 2. The monoisotopic (exact) mass is 461 g/mol. The summed E-state index contributed by atoms with van der Waals surface area (Å²) in [7, 11) is 0. The van der Waals surface area contributed by atoms with Crippen LogP contribution in [0.5, 0.6) is 0 Å². The van der Waals surface area contributed by atoms with Crippen molar-refractivity contribution in [3.8, 4) is 0 Å². The van der Waals surface area contributed by atoms with Gasteiger partial charge >= 0.3 is 11.9 Å². The lowest BCUT2D eigenvalue weighted by Gasteiger charge is -2.21. The van der Waals surface area contributed by atoms with E-state index in [2.05, 4.69) is 0 Å². The lowest BCUT2D eigenvalue weighted by atomic mass is 9.99. The molecule has 0 radical (unpaired) electrons. The smallest absolute Gasteiger partial charge is 0.330 e. The largest absolute Gasteiger partial charge is 0.466 e. The van der Waals surface area contributed by atoms with Crippen molar-refractivity contribution < 1.29 is 42.9 Å². The molecule has 3 atom stereocenters. The summed E-state index contributed by atoms with van der Waals surface area (Å²) in [6.07, 6.45) is 2.40. The third-order valence-electron chi connectivity index (χ3n) is 4.44. The molecule has 0 aromatic rings. The van der Waals surface area contributed by atoms with Crippen molar-refractivity contribution in [2.24, 2.45) is 5.92 Å². The van der Waals surface area contributed by atoms with Crippen LogP contribution in [-0.4, -0.2) is 73.6 Å². The Hall–Kier alpha value is -2.08. The highest BCUT2D eigenvalue weighted by Gasteiger charge is 2.40. The first kappa shape index (κ1) is 28.0. The summed E-state index contributed by atoms with van der Waals surface area (Å²) in [5.41, 5.74) is 0. The Morgan fingerprint density at radius 1 is 1.06 bits per heavy atom. The molecule has 0 aromatic heterocycles. The number of nitro groups is 1. The van der Waals surface area contributed by atoms with Crippen molar-refractivity contribution in [3.63, 3.8) is 0 Å². The Bertz CT molecular complexity index is 661. The Kier molecular flexibility index (Phi) is 11.2. The maximum Gasteiger partial charge on any atom is 0.330 e. The van der Waals surface area contributed by atoms with Crippen LogP contribution in [0.1, 0.15) is 48.0 Å². The third-order valence-corrected chi connectivity index (χ3v) is 4.44. The highest BCUT2D eigenvalue weighted by molar-refractivity contribution is 5.81. The molecule has 11 nitrogen and oxygen atoms in total. The van der Waals surface area contributed by atoms with Gasteiger partial charge in [-0.15, -0.1) is 0 Å². The van der Waals surface area contributed by atoms with Crippen LogP contribution >= 0.6 is 0 Å². The maximum atomic E-state index is 11.4. The molecule has 2 rings (SSSR count). The predicted octanol–water partition coefficient (Wildman–Crippen LogP) is 2.24. The molecule has 2 heterocycles. The summed E-state index contributed by atoms with van der Waals surface area (Å²) in [5.74, 6) is -2.63. The molecule has 0 N–H and O–H groups in total. The summed E-state index contributed by atoms with van der Waals surface area (Å²) in [6, 6.07) is 0. The van der Waals surface area contributed by atoms with Crippen LogP contribution in [0, 0.1) is 16.0 Å². The normalized spacial score (nSPS) is 24.4. The van der Waals surface area contributed by atoms with Crippen molar-refractivity contribution in [1.29, 1.82) is 0 Å². The Balaban J connectivity index is 0.000000330. The van der Waals surface area contributed by atoms with Gasteiger partial charge in [-0.1, -0.05) is 0 Å². The highest BCUT2D eigenvalue weighted by Crippen LogP contribution is 2.28. The molecule has 32 heavy (non-hydrogen) atoms. The van der Waals surface area contributed by atoms with E-state index in [1.54, 1.807) is 33.8 Å². The number of hydrogen-bond acceptors (Lipinski definition) is 10. The van der Waals surface area contributed by atoms with Crippen LogP contribution in [0.2, 0.25) is 0 Å². The zero-order chi connectivity index (χ0) is 24.4. The zero-order valence-corrected chi connectivity index (χ0v) is 19.7. The molecular formula is C21H35NO10. The summed E-state index contributed by atoms with van der Waals surface area (Å²) in [4.78, 5) is 32.5. The predicted molar refractivity (Wildman–Crippen MR) is 112 cm³/mol. The fourth-order valence-corrected chi connectivity index (χ4v) is 3.07. The topological polar surface area (TPSA) is 133 Å². The fourth-order valence-electron chi connectivity index (χ4n) is 3.07. The average molecular weight is 462 g/mol. The molecule has 0 saturated carbocycles. The molecule has 0 aromatic carbocycles. The second-order valence-electron chi connectivity index (χ2n) is 8.13. The van der Waals surface area contributed by atoms with Gasteiger partial charge in [0, 0.05) is 11.0 Å². The lowest BCUT2D eigenvalue weighted by Crippen LogP contribution is -2.33. The number of nitrogens with zero attached hydrogens (tertiary/aromatic N) is 1. The summed E-state index contributed by atoms with van der Waals surface area (Å²) >= 11 is 0. The van der Waals surface area contributed by atoms with Gasteiger partial charge in [0.1, 0.15) is 6.10 Å². The number of ether oxygens (including phenoxy) is 6. The minimum atomic E-state index is -0.756. The average Bonchev–Trinajstić information content (AvgIpc) is 3.21. The first-order valence-corrected chi connectivity index (χ1v) is 10.6. The van der Waals surface area contributed by atoms with Gasteiger partial charge in [-0.05, 0) is 47.6 Å². The minimum absolute atomic E-state index is 0.0288. The van der Waals surface area contributed by atoms with E-state index in [4.69, 9.17) is 28.4 Å². The van der Waals surface area contributed by atoms with Crippen LogP contribution in [0.4, 0.5) is 0 Å². The summed E-state index contributed by atoms with van der Waals surface area (Å²) in [5, 5.41) is 10.6. The molecule has 2 aliphatic rings.